The van der Waals surface area contributed by atoms with Gasteiger partial charge in [0, 0.05) is 6.42 Å². The van der Waals surface area contributed by atoms with Crippen LogP contribution in [-0.4, -0.2) is 23.3 Å². The Morgan fingerprint density at radius 3 is 2.16 bits per heavy atom. The van der Waals surface area contributed by atoms with E-state index in [9.17, 15) is 0 Å². The minimum Gasteiger partial charge on any atom is -0.440 e. The second-order valence-corrected chi connectivity index (χ2v) is 7.58. The van der Waals surface area contributed by atoms with Crippen LogP contribution >= 0.6 is 0 Å². The van der Waals surface area contributed by atoms with Crippen LogP contribution in [0, 0.1) is 0 Å². The zero-order chi connectivity index (χ0) is 17.7. The molecule has 0 radical (unpaired) electrons. The first-order valence-corrected chi connectivity index (χ1v) is 8.63. The number of para-hydroxylation sites is 2. The van der Waals surface area contributed by atoms with E-state index in [0.717, 1.165) is 28.0 Å². The molecule has 0 atom stereocenters. The minimum absolute atomic E-state index is 0.325. The van der Waals surface area contributed by atoms with Gasteiger partial charge in [-0.3, -0.25) is 0 Å². The van der Waals surface area contributed by atoms with Gasteiger partial charge < -0.3 is 13.7 Å². The van der Waals surface area contributed by atoms with Crippen LogP contribution in [0.15, 0.2) is 52.9 Å². The van der Waals surface area contributed by atoms with Crippen molar-refractivity contribution in [3.8, 4) is 0 Å². The van der Waals surface area contributed by atoms with Crippen LogP contribution in [0.2, 0.25) is 0 Å². The SMILES string of the molecule is CC1(C)OB(c2ccc(Cc3nc4ccccc4o3)cc2)OC1(C)C. The van der Waals surface area contributed by atoms with Gasteiger partial charge in [-0.1, -0.05) is 36.4 Å². The van der Waals surface area contributed by atoms with Crippen molar-refractivity contribution in [3.63, 3.8) is 0 Å². The van der Waals surface area contributed by atoms with Gasteiger partial charge in [-0.05, 0) is 50.9 Å². The van der Waals surface area contributed by atoms with Gasteiger partial charge in [-0.25, -0.2) is 4.98 Å². The van der Waals surface area contributed by atoms with Crippen molar-refractivity contribution < 1.29 is 13.7 Å². The number of fused-ring (bicyclic) bond motifs is 1. The molecule has 4 nitrogen and oxygen atoms in total. The first-order chi connectivity index (χ1) is 11.8. The third kappa shape index (κ3) is 2.98. The Labute approximate surface area is 148 Å². The second kappa shape index (κ2) is 5.72. The van der Waals surface area contributed by atoms with Gasteiger partial charge in [0.15, 0.2) is 11.5 Å². The number of aromatic nitrogens is 1. The molecule has 128 valence electrons. The zero-order valence-corrected chi connectivity index (χ0v) is 15.1. The lowest BCUT2D eigenvalue weighted by molar-refractivity contribution is 0.00578. The van der Waals surface area contributed by atoms with Crippen LogP contribution in [0.1, 0.15) is 39.1 Å². The lowest BCUT2D eigenvalue weighted by atomic mass is 9.79. The quantitative estimate of drug-likeness (QED) is 0.685. The van der Waals surface area contributed by atoms with Crippen LogP contribution in [0.3, 0.4) is 0 Å². The van der Waals surface area contributed by atoms with Crippen molar-refractivity contribution in [1.29, 1.82) is 0 Å². The highest BCUT2D eigenvalue weighted by Crippen LogP contribution is 2.36. The first kappa shape index (κ1) is 16.4. The molecule has 0 bridgehead atoms. The molecule has 0 N–H and O–H groups in total. The molecular weight excluding hydrogens is 313 g/mol. The Kier molecular flexibility index (Phi) is 3.74. The highest BCUT2D eigenvalue weighted by molar-refractivity contribution is 6.62. The smallest absolute Gasteiger partial charge is 0.440 e. The molecule has 1 fully saturated rings. The normalized spacial score (nSPS) is 18.8. The molecule has 0 saturated carbocycles. The van der Waals surface area contributed by atoms with E-state index in [1.54, 1.807) is 0 Å². The lowest BCUT2D eigenvalue weighted by Gasteiger charge is -2.32. The van der Waals surface area contributed by atoms with E-state index in [1.165, 1.54) is 0 Å². The fraction of sp³-hybridized carbons (Fsp3) is 0.350. The van der Waals surface area contributed by atoms with Crippen molar-refractivity contribution in [2.45, 2.75) is 45.3 Å². The average Bonchev–Trinajstić information content (AvgIpc) is 3.05. The van der Waals surface area contributed by atoms with E-state index in [2.05, 4.69) is 56.9 Å². The van der Waals surface area contributed by atoms with Crippen LogP contribution in [0.4, 0.5) is 0 Å². The summed E-state index contributed by atoms with van der Waals surface area (Å²) >= 11 is 0. The fourth-order valence-electron chi connectivity index (χ4n) is 2.94. The second-order valence-electron chi connectivity index (χ2n) is 7.58. The number of hydrogen-bond donors (Lipinski definition) is 0. The third-order valence-electron chi connectivity index (χ3n) is 5.20. The maximum atomic E-state index is 6.10. The molecule has 1 saturated heterocycles. The Balaban J connectivity index is 1.51. The highest BCUT2D eigenvalue weighted by Gasteiger charge is 2.51. The van der Waals surface area contributed by atoms with Gasteiger partial charge in [-0.2, -0.15) is 0 Å². The summed E-state index contributed by atoms with van der Waals surface area (Å²) in [6, 6.07) is 16.1. The number of nitrogens with zero attached hydrogens (tertiary/aromatic N) is 1. The maximum Gasteiger partial charge on any atom is 0.494 e. The number of oxazole rings is 1. The van der Waals surface area contributed by atoms with Crippen LogP contribution in [0.5, 0.6) is 0 Å². The molecule has 0 spiro atoms. The molecule has 1 aromatic heterocycles. The summed E-state index contributed by atoms with van der Waals surface area (Å²) in [7, 11) is -0.330. The summed E-state index contributed by atoms with van der Waals surface area (Å²) < 4.78 is 18.0. The van der Waals surface area contributed by atoms with Crippen molar-refractivity contribution in [1.82, 2.24) is 4.98 Å². The Bertz CT molecular complexity index is 850. The van der Waals surface area contributed by atoms with Gasteiger partial charge >= 0.3 is 7.12 Å². The molecular formula is C20H22BNO3. The van der Waals surface area contributed by atoms with Crippen molar-refractivity contribution in [2.24, 2.45) is 0 Å². The zero-order valence-electron chi connectivity index (χ0n) is 15.1. The summed E-state index contributed by atoms with van der Waals surface area (Å²) in [6.45, 7) is 8.26. The van der Waals surface area contributed by atoms with Crippen molar-refractivity contribution >= 4 is 23.7 Å². The topological polar surface area (TPSA) is 44.5 Å². The predicted octanol–water partition coefficient (Wildman–Crippen LogP) is 3.72. The molecule has 2 heterocycles. The summed E-state index contributed by atoms with van der Waals surface area (Å²) in [5, 5.41) is 0. The van der Waals surface area contributed by atoms with Gasteiger partial charge in [-0.15, -0.1) is 0 Å². The Morgan fingerprint density at radius 1 is 0.880 bits per heavy atom. The first-order valence-electron chi connectivity index (χ1n) is 8.63. The van der Waals surface area contributed by atoms with Crippen LogP contribution in [-0.2, 0) is 15.7 Å². The fourth-order valence-corrected chi connectivity index (χ4v) is 2.94. The van der Waals surface area contributed by atoms with Gasteiger partial charge in [0.25, 0.3) is 0 Å². The molecule has 25 heavy (non-hydrogen) atoms. The van der Waals surface area contributed by atoms with Crippen molar-refractivity contribution in [2.75, 3.05) is 0 Å². The van der Waals surface area contributed by atoms with Gasteiger partial charge in [0.2, 0.25) is 0 Å². The Hall–Kier alpha value is -2.11. The number of hydrogen-bond acceptors (Lipinski definition) is 4. The molecule has 1 aliphatic heterocycles. The molecule has 2 aromatic carbocycles. The van der Waals surface area contributed by atoms with Crippen molar-refractivity contribution in [3.05, 3.63) is 60.0 Å². The molecule has 1 aliphatic rings. The van der Waals surface area contributed by atoms with Gasteiger partial charge in [0.05, 0.1) is 11.2 Å². The number of rotatable bonds is 3. The standard InChI is InChI=1S/C20H22BNO3/c1-19(2)20(3,4)25-21(24-19)15-11-9-14(10-12-15)13-18-22-16-7-5-6-8-17(16)23-18/h5-12H,13H2,1-4H3. The summed E-state index contributed by atoms with van der Waals surface area (Å²) in [4.78, 5) is 4.53. The van der Waals surface area contributed by atoms with E-state index in [-0.39, 0.29) is 18.3 Å². The van der Waals surface area contributed by atoms with E-state index < -0.39 is 0 Å². The summed E-state index contributed by atoms with van der Waals surface area (Å²) in [6.07, 6.45) is 0.665. The molecule has 3 aromatic rings. The molecule has 0 amide bonds. The predicted molar refractivity (Wildman–Crippen MR) is 99.0 cm³/mol. The minimum atomic E-state index is -0.330. The molecule has 0 unspecified atom stereocenters. The molecule has 4 rings (SSSR count). The highest BCUT2D eigenvalue weighted by atomic mass is 16.7. The van der Waals surface area contributed by atoms with E-state index in [0.29, 0.717) is 6.42 Å². The van der Waals surface area contributed by atoms with E-state index in [4.69, 9.17) is 13.7 Å². The largest absolute Gasteiger partial charge is 0.494 e. The lowest BCUT2D eigenvalue weighted by Crippen LogP contribution is -2.41. The molecule has 5 heteroatoms. The average molecular weight is 335 g/mol. The molecule has 0 aliphatic carbocycles. The van der Waals surface area contributed by atoms with Gasteiger partial charge in [0.1, 0.15) is 5.52 Å². The third-order valence-corrected chi connectivity index (χ3v) is 5.20. The van der Waals surface area contributed by atoms with Crippen LogP contribution < -0.4 is 5.46 Å². The Morgan fingerprint density at radius 2 is 1.52 bits per heavy atom. The summed E-state index contributed by atoms with van der Waals surface area (Å²) in [5.74, 6) is 0.726. The number of benzene rings is 2. The maximum absolute atomic E-state index is 6.10. The van der Waals surface area contributed by atoms with E-state index in [1.807, 2.05) is 24.3 Å². The monoisotopic (exact) mass is 335 g/mol. The van der Waals surface area contributed by atoms with Crippen LogP contribution in [0.25, 0.3) is 11.1 Å². The van der Waals surface area contributed by atoms with E-state index >= 15 is 0 Å². The summed E-state index contributed by atoms with van der Waals surface area (Å²) in [5.41, 5.74) is 3.24.